The van der Waals surface area contributed by atoms with Crippen molar-refractivity contribution in [3.05, 3.63) is 50.0 Å². The number of benzene rings is 1. The molecule has 140 valence electrons. The van der Waals surface area contributed by atoms with Gasteiger partial charge in [0, 0.05) is 10.6 Å². The van der Waals surface area contributed by atoms with Gasteiger partial charge in [-0.2, -0.15) is 0 Å². The fourth-order valence-corrected chi connectivity index (χ4v) is 4.39. The van der Waals surface area contributed by atoms with Gasteiger partial charge in [0.25, 0.3) is 11.1 Å². The van der Waals surface area contributed by atoms with Gasteiger partial charge in [0.05, 0.1) is 17.0 Å². The number of anilines is 1. The number of amides is 3. The van der Waals surface area contributed by atoms with E-state index in [1.54, 1.807) is 18.2 Å². The number of methoxy groups -OCH3 is 1. The lowest BCUT2D eigenvalue weighted by Crippen LogP contribution is -2.36. The zero-order valence-corrected chi connectivity index (χ0v) is 16.8. The van der Waals surface area contributed by atoms with Crippen molar-refractivity contribution in [2.75, 3.05) is 19.0 Å². The molecule has 9 heteroatoms. The number of thioether (sulfide) groups is 1. The molecule has 0 aliphatic carbocycles. The lowest BCUT2D eigenvalue weighted by Gasteiger charge is -2.13. The lowest BCUT2D eigenvalue weighted by atomic mass is 10.2. The number of imide groups is 1. The topological polar surface area (TPSA) is 75.7 Å². The first kappa shape index (κ1) is 19.5. The Morgan fingerprint density at radius 3 is 2.74 bits per heavy atom. The average Bonchev–Trinajstić information content (AvgIpc) is 3.13. The molecule has 0 saturated carbocycles. The Morgan fingerprint density at radius 2 is 2.11 bits per heavy atom. The first-order chi connectivity index (χ1) is 12.9. The van der Waals surface area contributed by atoms with Crippen molar-refractivity contribution in [2.45, 2.75) is 6.92 Å². The number of halogens is 1. The van der Waals surface area contributed by atoms with Gasteiger partial charge in [0.2, 0.25) is 5.91 Å². The number of aryl methyl sites for hydroxylation is 1. The lowest BCUT2D eigenvalue weighted by molar-refractivity contribution is -0.127. The van der Waals surface area contributed by atoms with E-state index in [2.05, 4.69) is 5.32 Å². The minimum absolute atomic E-state index is 0.311. The van der Waals surface area contributed by atoms with Crippen LogP contribution < -0.4 is 10.1 Å². The molecular formula is C18H15ClN2O4S2. The molecule has 6 nitrogen and oxygen atoms in total. The number of hydrogen-bond donors (Lipinski definition) is 1. The first-order valence-electron chi connectivity index (χ1n) is 7.82. The summed E-state index contributed by atoms with van der Waals surface area (Å²) >= 11 is 8.34. The standard InChI is InChI=1S/C18H15ClN2O4S2/c1-10-5-6-26-14(10)8-15-17(23)21(18(24)27-15)9-16(22)20-11-3-4-13(25-2)12(19)7-11/h3-8H,9H2,1-2H3,(H,20,22)/b15-8+. The molecule has 3 rings (SSSR count). The van der Waals surface area contributed by atoms with E-state index < -0.39 is 17.1 Å². The molecule has 1 aliphatic rings. The predicted octanol–water partition coefficient (Wildman–Crippen LogP) is 4.39. The highest BCUT2D eigenvalue weighted by molar-refractivity contribution is 8.18. The zero-order valence-electron chi connectivity index (χ0n) is 14.4. The number of thiophene rings is 1. The highest BCUT2D eigenvalue weighted by Gasteiger charge is 2.36. The summed E-state index contributed by atoms with van der Waals surface area (Å²) in [5.74, 6) is -0.484. The molecular weight excluding hydrogens is 408 g/mol. The third kappa shape index (κ3) is 4.35. The molecule has 0 radical (unpaired) electrons. The van der Waals surface area contributed by atoms with Crippen molar-refractivity contribution >= 4 is 63.5 Å². The van der Waals surface area contributed by atoms with Gasteiger partial charge in [0.15, 0.2) is 0 Å². The van der Waals surface area contributed by atoms with Crippen LogP contribution in [-0.4, -0.2) is 35.6 Å². The van der Waals surface area contributed by atoms with Crippen molar-refractivity contribution in [1.82, 2.24) is 4.90 Å². The number of ether oxygens (including phenoxy) is 1. The number of nitrogens with one attached hydrogen (secondary N) is 1. The van der Waals surface area contributed by atoms with E-state index in [0.717, 1.165) is 27.1 Å². The molecule has 0 bridgehead atoms. The molecule has 1 aliphatic heterocycles. The van der Waals surface area contributed by atoms with Crippen LogP contribution in [0, 0.1) is 6.92 Å². The summed E-state index contributed by atoms with van der Waals surface area (Å²) in [7, 11) is 1.49. The summed E-state index contributed by atoms with van der Waals surface area (Å²) in [6, 6.07) is 6.71. The Balaban J connectivity index is 1.68. The maximum atomic E-state index is 12.5. The second kappa shape index (κ2) is 8.16. The summed E-state index contributed by atoms with van der Waals surface area (Å²) < 4.78 is 5.05. The number of carbonyl (C=O) groups excluding carboxylic acids is 3. The van der Waals surface area contributed by atoms with E-state index in [0.29, 0.717) is 21.4 Å². The Labute approximate surface area is 169 Å². The van der Waals surface area contributed by atoms with Gasteiger partial charge in [0.1, 0.15) is 12.3 Å². The van der Waals surface area contributed by atoms with Gasteiger partial charge in [-0.05, 0) is 60.0 Å². The van der Waals surface area contributed by atoms with E-state index in [-0.39, 0.29) is 6.54 Å². The van der Waals surface area contributed by atoms with Crippen LogP contribution in [0.15, 0.2) is 34.6 Å². The monoisotopic (exact) mass is 422 g/mol. The summed E-state index contributed by atoms with van der Waals surface area (Å²) in [5.41, 5.74) is 1.48. The maximum absolute atomic E-state index is 12.5. The van der Waals surface area contributed by atoms with E-state index in [4.69, 9.17) is 16.3 Å². The number of nitrogens with zero attached hydrogens (tertiary/aromatic N) is 1. The quantitative estimate of drug-likeness (QED) is 0.723. The highest BCUT2D eigenvalue weighted by atomic mass is 35.5. The second-order valence-corrected chi connectivity index (χ2v) is 7.98. The Hall–Kier alpha value is -2.29. The molecule has 0 atom stereocenters. The largest absolute Gasteiger partial charge is 0.495 e. The molecule has 1 saturated heterocycles. The summed E-state index contributed by atoms with van der Waals surface area (Å²) in [6.45, 7) is 1.56. The van der Waals surface area contributed by atoms with Crippen LogP contribution >= 0.6 is 34.7 Å². The van der Waals surface area contributed by atoms with Gasteiger partial charge in [-0.1, -0.05) is 11.6 Å². The highest BCUT2D eigenvalue weighted by Crippen LogP contribution is 2.34. The van der Waals surface area contributed by atoms with Crippen LogP contribution in [0.4, 0.5) is 10.5 Å². The van der Waals surface area contributed by atoms with Gasteiger partial charge < -0.3 is 10.1 Å². The van der Waals surface area contributed by atoms with Gasteiger partial charge >= 0.3 is 0 Å². The molecule has 2 aromatic rings. The minimum Gasteiger partial charge on any atom is -0.495 e. The summed E-state index contributed by atoms with van der Waals surface area (Å²) in [6.07, 6.45) is 1.69. The van der Waals surface area contributed by atoms with Crippen LogP contribution in [0.3, 0.4) is 0 Å². The van der Waals surface area contributed by atoms with E-state index in [1.807, 2.05) is 18.4 Å². The minimum atomic E-state index is -0.493. The predicted molar refractivity (Wildman–Crippen MR) is 108 cm³/mol. The third-order valence-electron chi connectivity index (χ3n) is 3.77. The van der Waals surface area contributed by atoms with Crippen LogP contribution in [0.1, 0.15) is 10.4 Å². The molecule has 2 heterocycles. The molecule has 27 heavy (non-hydrogen) atoms. The Bertz CT molecular complexity index is 955. The molecule has 0 spiro atoms. The van der Waals surface area contributed by atoms with Crippen molar-refractivity contribution in [1.29, 1.82) is 0 Å². The fourth-order valence-electron chi connectivity index (χ4n) is 2.38. The van der Waals surface area contributed by atoms with Crippen molar-refractivity contribution in [3.63, 3.8) is 0 Å². The van der Waals surface area contributed by atoms with Crippen molar-refractivity contribution in [3.8, 4) is 5.75 Å². The van der Waals surface area contributed by atoms with Gasteiger partial charge in [-0.25, -0.2) is 0 Å². The molecule has 1 N–H and O–H groups in total. The first-order valence-corrected chi connectivity index (χ1v) is 9.89. The third-order valence-corrected chi connectivity index (χ3v) is 5.94. The molecule has 1 fully saturated rings. The summed E-state index contributed by atoms with van der Waals surface area (Å²) in [4.78, 5) is 39.0. The molecule has 1 aromatic carbocycles. The van der Waals surface area contributed by atoms with E-state index in [9.17, 15) is 14.4 Å². The SMILES string of the molecule is COc1ccc(NC(=O)CN2C(=O)S/C(=C/c3sccc3C)C2=O)cc1Cl. The van der Waals surface area contributed by atoms with Crippen LogP contribution in [0.5, 0.6) is 5.75 Å². The Kier molecular flexibility index (Phi) is 5.88. The van der Waals surface area contributed by atoms with Crippen molar-refractivity contribution in [2.24, 2.45) is 0 Å². The van der Waals surface area contributed by atoms with Crippen molar-refractivity contribution < 1.29 is 19.1 Å². The van der Waals surface area contributed by atoms with Gasteiger partial charge in [-0.15, -0.1) is 11.3 Å². The normalized spacial score (nSPS) is 15.5. The molecule has 3 amide bonds. The second-order valence-electron chi connectivity index (χ2n) is 5.63. The van der Waals surface area contributed by atoms with Crippen LogP contribution in [0.2, 0.25) is 5.02 Å². The van der Waals surface area contributed by atoms with E-state index in [1.165, 1.54) is 24.5 Å². The fraction of sp³-hybridized carbons (Fsp3) is 0.167. The smallest absolute Gasteiger partial charge is 0.294 e. The number of carbonyl (C=O) groups is 3. The molecule has 1 aromatic heterocycles. The van der Waals surface area contributed by atoms with Crippen LogP contribution in [-0.2, 0) is 9.59 Å². The van der Waals surface area contributed by atoms with Crippen LogP contribution in [0.25, 0.3) is 6.08 Å². The Morgan fingerprint density at radius 1 is 1.33 bits per heavy atom. The number of hydrogen-bond acceptors (Lipinski definition) is 6. The summed E-state index contributed by atoms with van der Waals surface area (Å²) in [5, 5.41) is 4.41. The maximum Gasteiger partial charge on any atom is 0.294 e. The van der Waals surface area contributed by atoms with E-state index >= 15 is 0 Å². The zero-order chi connectivity index (χ0) is 19.6. The molecule has 0 unspecified atom stereocenters. The van der Waals surface area contributed by atoms with Gasteiger partial charge in [-0.3, -0.25) is 19.3 Å². The number of rotatable bonds is 5. The average molecular weight is 423 g/mol.